The minimum Gasteiger partial charge on any atom is -0.496 e. The quantitative estimate of drug-likeness (QED) is 0.146. The van der Waals surface area contributed by atoms with E-state index >= 15 is 0 Å². The van der Waals surface area contributed by atoms with Crippen molar-refractivity contribution in [1.29, 1.82) is 0 Å². The van der Waals surface area contributed by atoms with Crippen LogP contribution in [0, 0.1) is 13.8 Å². The molecule has 0 aliphatic heterocycles. The Morgan fingerprint density at radius 3 is 1.39 bits per heavy atom. The third-order valence-corrected chi connectivity index (χ3v) is 6.38. The molecule has 0 N–H and O–H groups in total. The summed E-state index contributed by atoms with van der Waals surface area (Å²) >= 11 is 0. The molecule has 0 aromatic heterocycles. The second kappa shape index (κ2) is 15.5. The average molecular weight is 453 g/mol. The first-order chi connectivity index (χ1) is 16.0. The van der Waals surface area contributed by atoms with E-state index in [4.69, 9.17) is 9.47 Å². The highest BCUT2D eigenvalue weighted by Crippen LogP contribution is 2.22. The van der Waals surface area contributed by atoms with Crippen LogP contribution < -0.4 is 9.47 Å². The second-order valence-corrected chi connectivity index (χ2v) is 9.39. The normalized spacial score (nSPS) is 10.9. The molecule has 33 heavy (non-hydrogen) atoms. The van der Waals surface area contributed by atoms with E-state index in [1.54, 1.807) is 7.11 Å². The molecule has 0 amide bonds. The van der Waals surface area contributed by atoms with E-state index < -0.39 is 0 Å². The molecule has 0 atom stereocenters. The van der Waals surface area contributed by atoms with Crippen LogP contribution >= 0.6 is 0 Å². The Balaban J connectivity index is 1.41. The topological polar surface area (TPSA) is 35.5 Å². The van der Waals surface area contributed by atoms with E-state index in [1.807, 2.05) is 13.0 Å². The lowest BCUT2D eigenvalue weighted by Gasteiger charge is -2.08. The van der Waals surface area contributed by atoms with Gasteiger partial charge in [0.2, 0.25) is 0 Å². The van der Waals surface area contributed by atoms with Gasteiger partial charge >= 0.3 is 5.97 Å². The molecule has 0 saturated carbocycles. The predicted molar refractivity (Wildman–Crippen MR) is 138 cm³/mol. The summed E-state index contributed by atoms with van der Waals surface area (Å²) in [6.45, 7) is 5.57. The Bertz CT molecular complexity index is 840. The van der Waals surface area contributed by atoms with Crippen molar-refractivity contribution in [3.05, 3.63) is 58.7 Å². The number of carbonyl (C=O) groups is 1. The summed E-state index contributed by atoms with van der Waals surface area (Å²) in [4.78, 5) is 11.1. The van der Waals surface area contributed by atoms with Gasteiger partial charge in [0.15, 0.2) is 0 Å². The molecular formula is C30H44O3. The van der Waals surface area contributed by atoms with Gasteiger partial charge in [-0.3, -0.25) is 4.79 Å². The van der Waals surface area contributed by atoms with Crippen molar-refractivity contribution in [3.63, 3.8) is 0 Å². The molecule has 3 nitrogen and oxygen atoms in total. The molecule has 0 heterocycles. The molecule has 0 aliphatic carbocycles. The molecule has 0 radical (unpaired) electrons. The lowest BCUT2D eigenvalue weighted by molar-refractivity contribution is -0.131. The van der Waals surface area contributed by atoms with E-state index in [1.165, 1.54) is 101 Å². The summed E-state index contributed by atoms with van der Waals surface area (Å²) in [5.41, 5.74) is 5.05. The Kier molecular flexibility index (Phi) is 12.7. The highest BCUT2D eigenvalue weighted by atomic mass is 16.5. The number of ether oxygens (including phenoxy) is 2. The van der Waals surface area contributed by atoms with Gasteiger partial charge in [-0.2, -0.15) is 0 Å². The van der Waals surface area contributed by atoms with E-state index in [0.717, 1.165) is 17.7 Å². The Hall–Kier alpha value is -2.29. The van der Waals surface area contributed by atoms with Gasteiger partial charge in [0, 0.05) is 6.92 Å². The molecule has 0 unspecified atom stereocenters. The molecular weight excluding hydrogens is 408 g/mol. The number of carbonyl (C=O) groups excluding carboxylic acids is 1. The van der Waals surface area contributed by atoms with Crippen molar-refractivity contribution in [2.45, 2.75) is 104 Å². The van der Waals surface area contributed by atoms with Crippen LogP contribution in [0.4, 0.5) is 0 Å². The van der Waals surface area contributed by atoms with Crippen LogP contribution in [0.25, 0.3) is 0 Å². The van der Waals surface area contributed by atoms with Gasteiger partial charge in [-0.1, -0.05) is 82.1 Å². The third-order valence-electron chi connectivity index (χ3n) is 6.38. The van der Waals surface area contributed by atoms with Crippen LogP contribution in [0.5, 0.6) is 11.5 Å². The minimum atomic E-state index is -0.259. The van der Waals surface area contributed by atoms with Crippen molar-refractivity contribution in [2.75, 3.05) is 7.11 Å². The molecule has 2 aromatic rings. The predicted octanol–water partition coefficient (Wildman–Crippen LogP) is 8.31. The molecule has 0 fully saturated rings. The van der Waals surface area contributed by atoms with Crippen molar-refractivity contribution >= 4 is 5.97 Å². The first kappa shape index (κ1) is 27.0. The number of methoxy groups -OCH3 is 1. The lowest BCUT2D eigenvalue weighted by Crippen LogP contribution is -2.03. The summed E-state index contributed by atoms with van der Waals surface area (Å²) in [6, 6.07) is 12.7. The fourth-order valence-corrected chi connectivity index (χ4v) is 4.48. The summed E-state index contributed by atoms with van der Waals surface area (Å²) in [5, 5.41) is 0. The molecule has 0 bridgehead atoms. The number of unbranched alkanes of at least 4 members (excludes halogenated alkanes) is 10. The van der Waals surface area contributed by atoms with Crippen LogP contribution in [0.1, 0.15) is 99.8 Å². The summed E-state index contributed by atoms with van der Waals surface area (Å²) in [6.07, 6.45) is 17.0. The first-order valence-electron chi connectivity index (χ1n) is 12.9. The third kappa shape index (κ3) is 10.9. The Morgan fingerprint density at radius 2 is 1.03 bits per heavy atom. The molecule has 0 aliphatic rings. The molecule has 3 heteroatoms. The number of rotatable bonds is 16. The van der Waals surface area contributed by atoms with Crippen LogP contribution in [0.2, 0.25) is 0 Å². The SMILES string of the molecule is COc1ccc(CCCCCCCCCCCCCc2ccc(OC(C)=O)c(C)c2)cc1C. The molecule has 182 valence electrons. The molecule has 0 saturated heterocycles. The van der Waals surface area contributed by atoms with E-state index in [2.05, 4.69) is 37.3 Å². The van der Waals surface area contributed by atoms with Crippen molar-refractivity contribution < 1.29 is 14.3 Å². The molecule has 2 aromatic carbocycles. The number of hydrogen-bond donors (Lipinski definition) is 0. The minimum absolute atomic E-state index is 0.259. The van der Waals surface area contributed by atoms with Crippen LogP contribution in [-0.4, -0.2) is 13.1 Å². The maximum absolute atomic E-state index is 11.1. The van der Waals surface area contributed by atoms with Gasteiger partial charge in [0.1, 0.15) is 11.5 Å². The zero-order chi connectivity index (χ0) is 23.9. The van der Waals surface area contributed by atoms with Gasteiger partial charge < -0.3 is 9.47 Å². The second-order valence-electron chi connectivity index (χ2n) is 9.39. The van der Waals surface area contributed by atoms with Crippen molar-refractivity contribution in [1.82, 2.24) is 0 Å². The maximum atomic E-state index is 11.1. The highest BCUT2D eigenvalue weighted by Gasteiger charge is 2.04. The Morgan fingerprint density at radius 1 is 0.636 bits per heavy atom. The van der Waals surface area contributed by atoms with Crippen molar-refractivity contribution in [3.8, 4) is 11.5 Å². The first-order valence-corrected chi connectivity index (χ1v) is 12.9. The Labute approximate surface area is 201 Å². The van der Waals surface area contributed by atoms with Crippen LogP contribution in [0.3, 0.4) is 0 Å². The zero-order valence-electron chi connectivity index (χ0n) is 21.4. The fraction of sp³-hybridized carbons (Fsp3) is 0.567. The molecule has 2 rings (SSSR count). The van der Waals surface area contributed by atoms with E-state index in [9.17, 15) is 4.79 Å². The smallest absolute Gasteiger partial charge is 0.308 e. The van der Waals surface area contributed by atoms with Gasteiger partial charge in [0.05, 0.1) is 7.11 Å². The fourth-order valence-electron chi connectivity index (χ4n) is 4.48. The largest absolute Gasteiger partial charge is 0.496 e. The standard InChI is InChI=1S/C30H44O3/c1-24-22-27(18-20-29(24)32-4)16-14-12-10-8-6-5-7-9-11-13-15-17-28-19-21-30(25(2)23-28)33-26(3)31/h18-23H,5-17H2,1-4H3. The average Bonchev–Trinajstić information content (AvgIpc) is 2.78. The molecule has 0 spiro atoms. The summed E-state index contributed by atoms with van der Waals surface area (Å²) < 4.78 is 10.5. The summed E-state index contributed by atoms with van der Waals surface area (Å²) in [5.74, 6) is 1.41. The maximum Gasteiger partial charge on any atom is 0.308 e. The number of hydrogen-bond acceptors (Lipinski definition) is 3. The van der Waals surface area contributed by atoms with E-state index in [-0.39, 0.29) is 5.97 Å². The summed E-state index contributed by atoms with van der Waals surface area (Å²) in [7, 11) is 1.74. The number of esters is 1. The van der Waals surface area contributed by atoms with Gasteiger partial charge in [-0.15, -0.1) is 0 Å². The highest BCUT2D eigenvalue weighted by molar-refractivity contribution is 5.69. The van der Waals surface area contributed by atoms with Crippen LogP contribution in [-0.2, 0) is 17.6 Å². The number of benzene rings is 2. The van der Waals surface area contributed by atoms with E-state index in [0.29, 0.717) is 5.75 Å². The van der Waals surface area contributed by atoms with Crippen molar-refractivity contribution in [2.24, 2.45) is 0 Å². The zero-order valence-corrected chi connectivity index (χ0v) is 21.4. The number of aryl methyl sites for hydroxylation is 4. The van der Waals surface area contributed by atoms with Gasteiger partial charge in [0.25, 0.3) is 0 Å². The lowest BCUT2D eigenvalue weighted by atomic mass is 10.0. The van der Waals surface area contributed by atoms with Gasteiger partial charge in [-0.25, -0.2) is 0 Å². The van der Waals surface area contributed by atoms with Crippen LogP contribution in [0.15, 0.2) is 36.4 Å². The monoisotopic (exact) mass is 452 g/mol. The van der Waals surface area contributed by atoms with Gasteiger partial charge in [-0.05, 0) is 73.9 Å².